The second-order valence-electron chi connectivity index (χ2n) is 9.78. The average Bonchev–Trinajstić information content (AvgIpc) is 3.04. The van der Waals surface area contributed by atoms with Gasteiger partial charge in [-0.2, -0.15) is 4.57 Å². The zero-order valence-electron chi connectivity index (χ0n) is 24.1. The van der Waals surface area contributed by atoms with Crippen molar-refractivity contribution in [1.82, 2.24) is 24.8 Å². The zero-order chi connectivity index (χ0) is 32.8. The van der Waals surface area contributed by atoms with Gasteiger partial charge in [0.15, 0.2) is 11.6 Å². The lowest BCUT2D eigenvalue weighted by atomic mass is 10.1. The van der Waals surface area contributed by atoms with Crippen molar-refractivity contribution >= 4 is 28.3 Å². The van der Waals surface area contributed by atoms with Gasteiger partial charge in [0.05, 0.1) is 17.6 Å². The molecule has 15 heteroatoms. The summed E-state index contributed by atoms with van der Waals surface area (Å²) in [6.07, 6.45) is -5.33. The van der Waals surface area contributed by atoms with Gasteiger partial charge in [0.1, 0.15) is 29.3 Å². The molecule has 240 valence electrons. The van der Waals surface area contributed by atoms with Crippen molar-refractivity contribution in [3.8, 4) is 23.0 Å². The van der Waals surface area contributed by atoms with Gasteiger partial charge in [0.2, 0.25) is 0 Å². The van der Waals surface area contributed by atoms with Crippen LogP contribution >= 0.6 is 11.6 Å². The molecule has 3 aromatic heterocycles. The maximum Gasteiger partial charge on any atom is 0.493 e. The summed E-state index contributed by atoms with van der Waals surface area (Å²) in [6, 6.07) is 15.4. The van der Waals surface area contributed by atoms with Gasteiger partial charge < -0.3 is 20.1 Å². The lowest BCUT2D eigenvalue weighted by Gasteiger charge is -2.18. The van der Waals surface area contributed by atoms with Crippen LogP contribution in [0.5, 0.6) is 11.5 Å². The zero-order valence-corrected chi connectivity index (χ0v) is 24.9. The number of rotatable bonds is 12. The van der Waals surface area contributed by atoms with E-state index in [1.54, 1.807) is 19.2 Å². The molecule has 2 aromatic carbocycles. The fourth-order valence-corrected chi connectivity index (χ4v) is 4.89. The van der Waals surface area contributed by atoms with Crippen molar-refractivity contribution in [2.75, 3.05) is 25.6 Å². The highest BCUT2D eigenvalue weighted by molar-refractivity contribution is 6.33. The Balaban J connectivity index is 1.33. The Kier molecular flexibility index (Phi) is 9.97. The summed E-state index contributed by atoms with van der Waals surface area (Å²) < 4.78 is 80.5. The molecule has 0 unspecified atom stereocenters. The highest BCUT2D eigenvalue weighted by Gasteiger charge is 2.37. The molecule has 5 aromatic rings. The molecule has 9 nitrogen and oxygen atoms in total. The van der Waals surface area contributed by atoms with E-state index in [4.69, 9.17) is 21.1 Å². The van der Waals surface area contributed by atoms with Crippen molar-refractivity contribution in [2.24, 2.45) is 0 Å². The minimum atomic E-state index is -5.13. The molecule has 0 fully saturated rings. The number of methoxy groups -OCH3 is 1. The summed E-state index contributed by atoms with van der Waals surface area (Å²) in [5.41, 5.74) is -0.794. The summed E-state index contributed by atoms with van der Waals surface area (Å²) in [5.74, 6) is -0.0552. The number of nitrogens with zero attached hydrogens (tertiary/aromatic N) is 4. The largest absolute Gasteiger partial charge is 0.497 e. The van der Waals surface area contributed by atoms with Crippen molar-refractivity contribution in [1.29, 1.82) is 0 Å². The quantitative estimate of drug-likeness (QED) is 0.112. The van der Waals surface area contributed by atoms with Gasteiger partial charge in [-0.1, -0.05) is 29.8 Å². The first-order valence-electron chi connectivity index (χ1n) is 13.8. The minimum Gasteiger partial charge on any atom is -0.497 e. The van der Waals surface area contributed by atoms with Crippen LogP contribution in [-0.2, 0) is 19.4 Å². The van der Waals surface area contributed by atoms with Crippen LogP contribution in [0.1, 0.15) is 23.1 Å². The first-order valence-corrected chi connectivity index (χ1v) is 14.2. The molecule has 3 heterocycles. The van der Waals surface area contributed by atoms with E-state index in [0.717, 1.165) is 5.56 Å². The molecule has 0 spiro atoms. The molecule has 0 radical (unpaired) electrons. The second kappa shape index (κ2) is 14.1. The number of anilines is 1. The SMILES string of the molecule is COc1ccc(CNc2nccc(C(F)F)c2CNCCOc2c(Cl)ccc3nc(-c4ccccn4)n(C(F)(F)F)c(=O)c23)cc1. The topological polar surface area (TPSA) is 103 Å². The molecule has 0 aliphatic rings. The Morgan fingerprint density at radius 2 is 1.76 bits per heavy atom. The summed E-state index contributed by atoms with van der Waals surface area (Å²) in [4.78, 5) is 25.5. The van der Waals surface area contributed by atoms with E-state index in [1.165, 1.54) is 48.8 Å². The number of alkyl halides is 5. The molecule has 46 heavy (non-hydrogen) atoms. The van der Waals surface area contributed by atoms with E-state index >= 15 is 0 Å². The van der Waals surface area contributed by atoms with Crippen molar-refractivity contribution in [3.05, 3.63) is 105 Å². The van der Waals surface area contributed by atoms with Crippen LogP contribution in [0.15, 0.2) is 77.9 Å². The summed E-state index contributed by atoms with van der Waals surface area (Å²) >= 11 is 6.26. The van der Waals surface area contributed by atoms with Crippen LogP contribution in [0.3, 0.4) is 0 Å². The molecule has 0 amide bonds. The fraction of sp³-hybridized carbons (Fsp3) is 0.226. The van der Waals surface area contributed by atoms with Gasteiger partial charge in [-0.15, -0.1) is 13.2 Å². The molecule has 0 saturated heterocycles. The van der Waals surface area contributed by atoms with Gasteiger partial charge in [0, 0.05) is 43.2 Å². The van der Waals surface area contributed by atoms with Crippen LogP contribution < -0.4 is 25.7 Å². The highest BCUT2D eigenvalue weighted by Crippen LogP contribution is 2.34. The number of benzene rings is 2. The number of ether oxygens (including phenoxy) is 2. The Labute approximate surface area is 264 Å². The minimum absolute atomic E-state index is 0.0407. The molecule has 0 aliphatic heterocycles. The Morgan fingerprint density at radius 1 is 0.978 bits per heavy atom. The van der Waals surface area contributed by atoms with Crippen LogP contribution in [-0.4, -0.2) is 39.8 Å². The van der Waals surface area contributed by atoms with Gasteiger partial charge in [-0.05, 0) is 48.0 Å². The van der Waals surface area contributed by atoms with E-state index in [2.05, 4.69) is 25.6 Å². The smallest absolute Gasteiger partial charge is 0.493 e. The Hall–Kier alpha value is -4.82. The lowest BCUT2D eigenvalue weighted by molar-refractivity contribution is -0.205. The van der Waals surface area contributed by atoms with Crippen molar-refractivity contribution in [2.45, 2.75) is 25.8 Å². The monoisotopic (exact) mass is 660 g/mol. The molecule has 0 aliphatic carbocycles. The normalized spacial score (nSPS) is 11.7. The number of nitrogens with one attached hydrogen (secondary N) is 2. The Morgan fingerprint density at radius 3 is 2.43 bits per heavy atom. The van der Waals surface area contributed by atoms with Crippen LogP contribution in [0.4, 0.5) is 27.8 Å². The number of pyridine rings is 2. The first kappa shape index (κ1) is 32.6. The number of halogens is 6. The molecule has 2 N–H and O–H groups in total. The van der Waals surface area contributed by atoms with E-state index in [0.29, 0.717) is 12.3 Å². The summed E-state index contributed by atoms with van der Waals surface area (Å²) in [7, 11) is 1.55. The predicted octanol–water partition coefficient (Wildman–Crippen LogP) is 6.71. The maximum atomic E-state index is 14.1. The standard InChI is InChI=1S/C31H26ClF5N6O3/c1-45-19-7-5-18(6-8-19)16-41-28-21(20(27(33)34)11-13-40-28)17-38-14-15-46-26-22(32)9-10-23-25(26)30(44)43(31(35,36)37)29(42-23)24-4-2-3-12-39-24/h2-13,27,38H,14-17H2,1H3,(H,40,41). The van der Waals surface area contributed by atoms with Crippen LogP contribution in [0.25, 0.3) is 22.4 Å². The third-order valence-corrected chi connectivity index (χ3v) is 7.16. The van der Waals surface area contributed by atoms with Crippen molar-refractivity contribution < 1.29 is 31.4 Å². The Bertz CT molecular complexity index is 1870. The summed E-state index contributed by atoms with van der Waals surface area (Å²) in [5, 5.41) is 5.49. The average molecular weight is 661 g/mol. The third kappa shape index (κ3) is 7.18. The number of hydrogen-bond donors (Lipinski definition) is 2. The van der Waals surface area contributed by atoms with Crippen LogP contribution in [0.2, 0.25) is 5.02 Å². The van der Waals surface area contributed by atoms with Crippen LogP contribution in [0, 0.1) is 0 Å². The van der Waals surface area contributed by atoms with Crippen molar-refractivity contribution in [3.63, 3.8) is 0 Å². The van der Waals surface area contributed by atoms with Gasteiger partial charge in [-0.3, -0.25) is 9.78 Å². The van der Waals surface area contributed by atoms with Gasteiger partial charge in [0.25, 0.3) is 12.0 Å². The molecular weight excluding hydrogens is 635 g/mol. The third-order valence-electron chi connectivity index (χ3n) is 6.86. The molecule has 0 bridgehead atoms. The van der Waals surface area contributed by atoms with E-state index in [1.807, 2.05) is 12.1 Å². The lowest BCUT2D eigenvalue weighted by Crippen LogP contribution is -2.33. The van der Waals surface area contributed by atoms with Gasteiger partial charge >= 0.3 is 6.30 Å². The number of hydrogen-bond acceptors (Lipinski definition) is 8. The second-order valence-corrected chi connectivity index (χ2v) is 10.2. The maximum absolute atomic E-state index is 14.1. The molecule has 0 saturated carbocycles. The fourth-order valence-electron chi connectivity index (χ4n) is 4.68. The van der Waals surface area contributed by atoms with E-state index in [9.17, 15) is 26.7 Å². The number of fused-ring (bicyclic) bond motifs is 1. The molecule has 5 rings (SSSR count). The molecule has 0 atom stereocenters. The highest BCUT2D eigenvalue weighted by atomic mass is 35.5. The van der Waals surface area contributed by atoms with E-state index < -0.39 is 34.1 Å². The van der Waals surface area contributed by atoms with E-state index in [-0.39, 0.29) is 58.6 Å². The number of aromatic nitrogens is 4. The summed E-state index contributed by atoms with van der Waals surface area (Å²) in [6.45, 7) is 0.145. The molecular formula is C31H26ClF5N6O3. The predicted molar refractivity (Wildman–Crippen MR) is 162 cm³/mol. The first-order chi connectivity index (χ1) is 22.1. The van der Waals surface area contributed by atoms with Gasteiger partial charge in [-0.25, -0.2) is 18.7 Å².